The quantitative estimate of drug-likeness (QED) is 0.880. The minimum absolute atomic E-state index is 0.0943. The van der Waals surface area contributed by atoms with Gasteiger partial charge in [0.05, 0.1) is 42.1 Å². The van der Waals surface area contributed by atoms with Crippen molar-refractivity contribution in [3.05, 3.63) is 29.5 Å². The highest BCUT2D eigenvalue weighted by Crippen LogP contribution is 2.26. The number of carboxylic acid groups (broad SMARTS) is 1. The molecule has 1 aliphatic rings. The molecule has 1 unspecified atom stereocenters. The Hall–Kier alpha value is -2.25. The van der Waals surface area contributed by atoms with Crippen molar-refractivity contribution in [2.24, 2.45) is 0 Å². The van der Waals surface area contributed by atoms with E-state index in [-0.39, 0.29) is 5.56 Å². The van der Waals surface area contributed by atoms with E-state index in [4.69, 9.17) is 9.84 Å². The predicted molar refractivity (Wildman–Crippen MR) is 80.2 cm³/mol. The highest BCUT2D eigenvalue weighted by Gasteiger charge is 2.18. The fourth-order valence-electron chi connectivity index (χ4n) is 2.52. The van der Waals surface area contributed by atoms with E-state index >= 15 is 0 Å². The van der Waals surface area contributed by atoms with Gasteiger partial charge in [0.1, 0.15) is 5.82 Å². The predicted octanol–water partition coefficient (Wildman–Crippen LogP) is 1.22. The summed E-state index contributed by atoms with van der Waals surface area (Å²) < 4.78 is 5.32. The molecule has 7 nitrogen and oxygen atoms in total. The fraction of sp³-hybridized carbons (Fsp3) is 0.400. The Bertz CT molecular complexity index is 711. The zero-order valence-corrected chi connectivity index (χ0v) is 12.2. The molecule has 1 atom stereocenters. The van der Waals surface area contributed by atoms with E-state index in [2.05, 4.69) is 14.9 Å². The van der Waals surface area contributed by atoms with Crippen molar-refractivity contribution < 1.29 is 19.7 Å². The molecule has 3 rings (SSSR count). The summed E-state index contributed by atoms with van der Waals surface area (Å²) in [6.45, 7) is 4.33. The number of aliphatic hydroxyl groups excluding tert-OH is 1. The molecule has 0 radical (unpaired) electrons. The van der Waals surface area contributed by atoms with Crippen molar-refractivity contribution >= 4 is 22.8 Å². The number of aliphatic hydroxyl groups is 1. The summed E-state index contributed by atoms with van der Waals surface area (Å²) >= 11 is 0. The minimum atomic E-state index is -1.05. The van der Waals surface area contributed by atoms with Crippen molar-refractivity contribution in [3.63, 3.8) is 0 Å². The summed E-state index contributed by atoms with van der Waals surface area (Å²) in [6.07, 6.45) is 0.807. The van der Waals surface area contributed by atoms with Gasteiger partial charge in [0.15, 0.2) is 0 Å². The summed E-state index contributed by atoms with van der Waals surface area (Å²) in [5, 5.41) is 19.1. The second kappa shape index (κ2) is 5.86. The zero-order chi connectivity index (χ0) is 15.7. The molecule has 1 aromatic heterocycles. The van der Waals surface area contributed by atoms with Crippen LogP contribution in [-0.2, 0) is 4.74 Å². The highest BCUT2D eigenvalue weighted by molar-refractivity contribution is 5.93. The average molecular weight is 303 g/mol. The average Bonchev–Trinajstić information content (AvgIpc) is 2.53. The Morgan fingerprint density at radius 1 is 1.36 bits per heavy atom. The molecular weight excluding hydrogens is 286 g/mol. The molecule has 7 heteroatoms. The molecule has 0 aliphatic carbocycles. The molecule has 0 bridgehead atoms. The normalized spacial score (nSPS) is 16.7. The minimum Gasteiger partial charge on any atom is -0.478 e. The van der Waals surface area contributed by atoms with Crippen molar-refractivity contribution in [1.29, 1.82) is 0 Å². The molecule has 1 fully saturated rings. The maximum absolute atomic E-state index is 11.2. The molecule has 0 amide bonds. The smallest absolute Gasteiger partial charge is 0.335 e. The van der Waals surface area contributed by atoms with Crippen LogP contribution in [0.3, 0.4) is 0 Å². The molecule has 1 aliphatic heterocycles. The van der Waals surface area contributed by atoms with Crippen LogP contribution >= 0.6 is 0 Å². The van der Waals surface area contributed by atoms with Crippen LogP contribution in [0.15, 0.2) is 18.3 Å². The van der Waals surface area contributed by atoms with Gasteiger partial charge in [-0.3, -0.25) is 4.98 Å². The van der Waals surface area contributed by atoms with Crippen LogP contribution in [0.25, 0.3) is 11.0 Å². The lowest BCUT2D eigenvalue weighted by atomic mass is 10.0. The first-order valence-corrected chi connectivity index (χ1v) is 7.11. The number of hydrogen-bond acceptors (Lipinski definition) is 6. The van der Waals surface area contributed by atoms with Gasteiger partial charge in [-0.1, -0.05) is 0 Å². The van der Waals surface area contributed by atoms with Crippen LogP contribution < -0.4 is 4.90 Å². The van der Waals surface area contributed by atoms with Gasteiger partial charge in [0.2, 0.25) is 0 Å². The third-order valence-electron chi connectivity index (χ3n) is 3.70. The maximum atomic E-state index is 11.2. The first-order valence-electron chi connectivity index (χ1n) is 7.11. The first-order chi connectivity index (χ1) is 10.6. The van der Waals surface area contributed by atoms with Crippen LogP contribution in [0.1, 0.15) is 28.9 Å². The van der Waals surface area contributed by atoms with Crippen molar-refractivity contribution in [3.8, 4) is 0 Å². The molecular formula is C15H17N3O4. The Labute approximate surface area is 127 Å². The number of benzene rings is 1. The van der Waals surface area contributed by atoms with Gasteiger partial charge >= 0.3 is 5.97 Å². The molecule has 0 saturated carbocycles. The number of fused-ring (bicyclic) bond motifs is 1. The molecule has 2 aromatic rings. The Morgan fingerprint density at radius 2 is 2.09 bits per heavy atom. The van der Waals surface area contributed by atoms with Gasteiger partial charge in [-0.25, -0.2) is 9.78 Å². The standard InChI is InChI=1S/C15H17N3O4/c1-9(19)11-6-10(15(20)21)7-12-14(11)17-13(8-16-12)18-2-4-22-5-3-18/h6-9,19H,2-5H2,1H3,(H,20,21). The number of carboxylic acids is 1. The van der Waals surface area contributed by atoms with E-state index in [1.807, 2.05) is 0 Å². The topological polar surface area (TPSA) is 95.8 Å². The SMILES string of the molecule is CC(O)c1cc(C(=O)O)cc2ncc(N3CCOCC3)nc12. The Balaban J connectivity index is 2.11. The molecule has 2 N–H and O–H groups in total. The molecule has 116 valence electrons. The number of aromatic carboxylic acids is 1. The van der Waals surface area contributed by atoms with E-state index in [1.165, 1.54) is 12.1 Å². The molecule has 2 heterocycles. The number of ether oxygens (including phenoxy) is 1. The van der Waals surface area contributed by atoms with Crippen LogP contribution in [0.5, 0.6) is 0 Å². The first kappa shape index (κ1) is 14.7. The van der Waals surface area contributed by atoms with Crippen molar-refractivity contribution in [1.82, 2.24) is 9.97 Å². The zero-order valence-electron chi connectivity index (χ0n) is 12.2. The fourth-order valence-corrected chi connectivity index (χ4v) is 2.52. The van der Waals surface area contributed by atoms with Crippen LogP contribution in [0.4, 0.5) is 5.82 Å². The summed E-state index contributed by atoms with van der Waals surface area (Å²) in [5.41, 5.74) is 1.56. The number of aromatic nitrogens is 2. The van der Waals surface area contributed by atoms with E-state index in [0.29, 0.717) is 35.6 Å². The number of hydrogen-bond donors (Lipinski definition) is 2. The lowest BCUT2D eigenvalue weighted by Crippen LogP contribution is -2.36. The van der Waals surface area contributed by atoms with Crippen LogP contribution in [0, 0.1) is 0 Å². The lowest BCUT2D eigenvalue weighted by molar-refractivity contribution is 0.0696. The number of nitrogens with zero attached hydrogens (tertiary/aromatic N) is 3. The second-order valence-corrected chi connectivity index (χ2v) is 5.24. The molecule has 22 heavy (non-hydrogen) atoms. The Morgan fingerprint density at radius 3 is 2.73 bits per heavy atom. The van der Waals surface area contributed by atoms with Gasteiger partial charge in [-0.05, 0) is 19.1 Å². The Kier molecular flexibility index (Phi) is 3.91. The highest BCUT2D eigenvalue weighted by atomic mass is 16.5. The molecule has 0 spiro atoms. The number of carbonyl (C=O) groups is 1. The number of morpholine rings is 1. The second-order valence-electron chi connectivity index (χ2n) is 5.24. The van der Waals surface area contributed by atoms with E-state index in [1.54, 1.807) is 13.1 Å². The van der Waals surface area contributed by atoms with Gasteiger partial charge in [0.25, 0.3) is 0 Å². The summed E-state index contributed by atoms with van der Waals surface area (Å²) in [7, 11) is 0. The van der Waals surface area contributed by atoms with Gasteiger partial charge in [-0.2, -0.15) is 0 Å². The van der Waals surface area contributed by atoms with Gasteiger partial charge < -0.3 is 19.8 Å². The van der Waals surface area contributed by atoms with E-state index < -0.39 is 12.1 Å². The summed E-state index contributed by atoms with van der Waals surface area (Å²) in [4.78, 5) is 22.1. The number of anilines is 1. The third kappa shape index (κ3) is 2.72. The molecule has 1 aromatic carbocycles. The summed E-state index contributed by atoms with van der Waals surface area (Å²) in [5.74, 6) is -0.344. The van der Waals surface area contributed by atoms with Crippen molar-refractivity contribution in [2.45, 2.75) is 13.0 Å². The van der Waals surface area contributed by atoms with Crippen molar-refractivity contribution in [2.75, 3.05) is 31.2 Å². The van der Waals surface area contributed by atoms with Crippen LogP contribution in [0.2, 0.25) is 0 Å². The van der Waals surface area contributed by atoms with E-state index in [0.717, 1.165) is 13.1 Å². The van der Waals surface area contributed by atoms with Gasteiger partial charge in [-0.15, -0.1) is 0 Å². The number of rotatable bonds is 3. The molecule has 1 saturated heterocycles. The van der Waals surface area contributed by atoms with Gasteiger partial charge in [0, 0.05) is 18.7 Å². The monoisotopic (exact) mass is 303 g/mol. The third-order valence-corrected chi connectivity index (χ3v) is 3.70. The maximum Gasteiger partial charge on any atom is 0.335 e. The summed E-state index contributed by atoms with van der Waals surface area (Å²) in [6, 6.07) is 2.92. The lowest BCUT2D eigenvalue weighted by Gasteiger charge is -2.27. The van der Waals surface area contributed by atoms with Crippen LogP contribution in [-0.4, -0.2) is 52.5 Å². The van der Waals surface area contributed by atoms with E-state index in [9.17, 15) is 9.90 Å². The largest absolute Gasteiger partial charge is 0.478 e.